The Balaban J connectivity index is 1.78. The maximum atomic E-state index is 13.3. The van der Waals surface area contributed by atoms with Crippen LogP contribution in [0.2, 0.25) is 0 Å². The molecule has 0 saturated carbocycles. The molecular weight excluding hydrogens is 382 g/mol. The Morgan fingerprint density at radius 2 is 1.76 bits per heavy atom. The highest BCUT2D eigenvalue weighted by Gasteiger charge is 2.22. The quantitative estimate of drug-likeness (QED) is 0.519. The molecule has 0 aliphatic heterocycles. The molecule has 2 aromatic heterocycles. The second-order valence-corrected chi connectivity index (χ2v) is 8.63. The maximum Gasteiger partial charge on any atom is 0.276 e. The van der Waals surface area contributed by atoms with Crippen LogP contribution in [0.3, 0.4) is 0 Å². The molecule has 6 heteroatoms. The Morgan fingerprint density at radius 1 is 1.10 bits per heavy atom. The monoisotopic (exact) mass is 405 g/mol. The third-order valence-corrected chi connectivity index (χ3v) is 6.55. The first-order valence-corrected chi connectivity index (χ1v) is 10.4. The van der Waals surface area contributed by atoms with Gasteiger partial charge in [0.25, 0.3) is 5.56 Å². The molecule has 5 nitrogen and oxygen atoms in total. The van der Waals surface area contributed by atoms with E-state index < -0.39 is 6.04 Å². The number of aromatic nitrogens is 2. The number of hydrogen-bond acceptors (Lipinski definition) is 4. The molecule has 0 bridgehead atoms. The van der Waals surface area contributed by atoms with Crippen LogP contribution in [0.4, 0.5) is 5.69 Å². The van der Waals surface area contributed by atoms with Crippen molar-refractivity contribution in [1.29, 1.82) is 0 Å². The predicted octanol–water partition coefficient (Wildman–Crippen LogP) is 5.04. The lowest BCUT2D eigenvalue weighted by molar-refractivity contribution is -0.119. The molecule has 0 saturated heterocycles. The van der Waals surface area contributed by atoms with Crippen LogP contribution in [-0.2, 0) is 4.79 Å². The summed E-state index contributed by atoms with van der Waals surface area (Å²) in [5.41, 5.74) is 4.46. The van der Waals surface area contributed by atoms with Crippen LogP contribution in [0, 0.1) is 27.7 Å². The molecule has 2 aromatic carbocycles. The van der Waals surface area contributed by atoms with E-state index >= 15 is 0 Å². The number of carbonyl (C=O) groups excluding carboxylic acids is 1. The van der Waals surface area contributed by atoms with Gasteiger partial charge >= 0.3 is 0 Å². The molecule has 148 valence electrons. The molecule has 1 N–H and O–H groups in total. The molecule has 1 atom stereocenters. The van der Waals surface area contributed by atoms with Crippen molar-refractivity contribution >= 4 is 43.1 Å². The van der Waals surface area contributed by atoms with Gasteiger partial charge in [-0.15, -0.1) is 11.3 Å². The first-order chi connectivity index (χ1) is 13.8. The van der Waals surface area contributed by atoms with E-state index in [0.717, 1.165) is 42.9 Å². The number of rotatable bonds is 3. The van der Waals surface area contributed by atoms with Crippen LogP contribution in [-0.4, -0.2) is 15.7 Å². The molecule has 2 heterocycles. The SMILES string of the molecule is Cc1cc(C)c(NC(=O)[C@H](C)n2nc(C)c3sc4ccccc4c3c2=O)c(C)c1. The Labute approximate surface area is 173 Å². The largest absolute Gasteiger partial charge is 0.324 e. The average molecular weight is 406 g/mol. The fourth-order valence-corrected chi connectivity index (χ4v) is 4.99. The lowest BCUT2D eigenvalue weighted by atomic mass is 10.0. The summed E-state index contributed by atoms with van der Waals surface area (Å²) >= 11 is 1.56. The van der Waals surface area contributed by atoms with Gasteiger partial charge in [-0.25, -0.2) is 4.68 Å². The number of nitrogens with zero attached hydrogens (tertiary/aromatic N) is 2. The second kappa shape index (κ2) is 7.12. The van der Waals surface area contributed by atoms with Gasteiger partial charge in [0.05, 0.1) is 15.8 Å². The van der Waals surface area contributed by atoms with Gasteiger partial charge in [-0.3, -0.25) is 9.59 Å². The van der Waals surface area contributed by atoms with Crippen LogP contribution < -0.4 is 10.9 Å². The van der Waals surface area contributed by atoms with Crippen molar-refractivity contribution in [2.45, 2.75) is 40.7 Å². The molecule has 4 aromatic rings. The third kappa shape index (κ3) is 3.23. The number of aryl methyl sites for hydroxylation is 4. The topological polar surface area (TPSA) is 64.0 Å². The van der Waals surface area contributed by atoms with Crippen molar-refractivity contribution in [2.24, 2.45) is 0 Å². The number of hydrogen-bond donors (Lipinski definition) is 1. The predicted molar refractivity (Wildman–Crippen MR) is 120 cm³/mol. The zero-order chi connectivity index (χ0) is 20.9. The molecule has 0 radical (unpaired) electrons. The molecule has 0 spiro atoms. The van der Waals surface area contributed by atoms with Gasteiger partial charge in [-0.2, -0.15) is 5.10 Å². The molecule has 0 aliphatic rings. The van der Waals surface area contributed by atoms with E-state index in [4.69, 9.17) is 0 Å². The zero-order valence-electron chi connectivity index (χ0n) is 17.2. The Bertz CT molecular complexity index is 1310. The zero-order valence-corrected chi connectivity index (χ0v) is 18.0. The number of amides is 1. The van der Waals surface area contributed by atoms with Crippen LogP contribution in [0.25, 0.3) is 20.2 Å². The van der Waals surface area contributed by atoms with E-state index in [1.54, 1.807) is 18.3 Å². The highest BCUT2D eigenvalue weighted by atomic mass is 32.1. The average Bonchev–Trinajstić information content (AvgIpc) is 3.07. The summed E-state index contributed by atoms with van der Waals surface area (Å²) in [7, 11) is 0. The number of carbonyl (C=O) groups is 1. The summed E-state index contributed by atoms with van der Waals surface area (Å²) in [4.78, 5) is 26.3. The molecule has 0 unspecified atom stereocenters. The number of nitrogens with one attached hydrogen (secondary N) is 1. The summed E-state index contributed by atoms with van der Waals surface area (Å²) in [6, 6.07) is 11.2. The smallest absolute Gasteiger partial charge is 0.276 e. The molecule has 0 fully saturated rings. The summed E-state index contributed by atoms with van der Waals surface area (Å²) in [6.07, 6.45) is 0. The van der Waals surface area contributed by atoms with Crippen LogP contribution in [0.1, 0.15) is 35.3 Å². The fraction of sp³-hybridized carbons (Fsp3) is 0.261. The third-order valence-electron chi connectivity index (χ3n) is 5.28. The highest BCUT2D eigenvalue weighted by molar-refractivity contribution is 7.26. The second-order valence-electron chi connectivity index (χ2n) is 7.58. The molecule has 1 amide bonds. The van der Waals surface area contributed by atoms with E-state index in [0.29, 0.717) is 5.39 Å². The standard InChI is InChI=1S/C23H23N3O2S/c1-12-10-13(2)20(14(3)11-12)24-22(27)16(5)26-23(28)19-17-8-6-7-9-18(17)29-21(19)15(4)25-26/h6-11,16H,1-5H3,(H,24,27)/t16-/m0/s1. The van der Waals surface area contributed by atoms with Crippen molar-refractivity contribution in [3.05, 3.63) is 69.1 Å². The van der Waals surface area contributed by atoms with Crippen molar-refractivity contribution in [2.75, 3.05) is 5.32 Å². The minimum absolute atomic E-state index is 0.233. The van der Waals surface area contributed by atoms with Gasteiger partial charge in [0, 0.05) is 15.8 Å². The summed E-state index contributed by atoms with van der Waals surface area (Å²) < 4.78 is 3.24. The van der Waals surface area contributed by atoms with Gasteiger partial charge in [0.15, 0.2) is 0 Å². The van der Waals surface area contributed by atoms with E-state index in [-0.39, 0.29) is 11.5 Å². The lowest BCUT2D eigenvalue weighted by Crippen LogP contribution is -2.34. The van der Waals surface area contributed by atoms with Crippen LogP contribution in [0.5, 0.6) is 0 Å². The number of thiophene rings is 1. The maximum absolute atomic E-state index is 13.3. The highest BCUT2D eigenvalue weighted by Crippen LogP contribution is 2.33. The Hall–Kier alpha value is -2.99. The van der Waals surface area contributed by atoms with E-state index in [9.17, 15) is 9.59 Å². The molecule has 29 heavy (non-hydrogen) atoms. The first kappa shape index (κ1) is 19.3. The molecule has 0 aliphatic carbocycles. The Kier molecular flexibility index (Phi) is 4.74. The van der Waals surface area contributed by atoms with Crippen molar-refractivity contribution in [3.8, 4) is 0 Å². The summed E-state index contributed by atoms with van der Waals surface area (Å²) in [6.45, 7) is 9.56. The van der Waals surface area contributed by atoms with E-state index in [2.05, 4.69) is 10.4 Å². The first-order valence-electron chi connectivity index (χ1n) is 9.57. The number of anilines is 1. The van der Waals surface area contributed by atoms with Crippen molar-refractivity contribution in [1.82, 2.24) is 9.78 Å². The van der Waals surface area contributed by atoms with Crippen LogP contribution in [0.15, 0.2) is 41.2 Å². The van der Waals surface area contributed by atoms with Gasteiger partial charge in [-0.1, -0.05) is 35.9 Å². The van der Waals surface area contributed by atoms with Crippen molar-refractivity contribution < 1.29 is 4.79 Å². The minimum Gasteiger partial charge on any atom is -0.324 e. The van der Waals surface area contributed by atoms with Gasteiger partial charge in [0.1, 0.15) is 6.04 Å². The molecule has 4 rings (SSSR count). The molecular formula is C23H23N3O2S. The van der Waals surface area contributed by atoms with Crippen LogP contribution >= 0.6 is 11.3 Å². The fourth-order valence-electron chi connectivity index (χ4n) is 3.86. The van der Waals surface area contributed by atoms with Gasteiger partial charge < -0.3 is 5.32 Å². The number of benzene rings is 2. The summed E-state index contributed by atoms with van der Waals surface area (Å²) in [5, 5.41) is 9.02. The number of fused-ring (bicyclic) bond motifs is 3. The van der Waals surface area contributed by atoms with Gasteiger partial charge in [-0.05, 0) is 51.8 Å². The Morgan fingerprint density at radius 3 is 2.45 bits per heavy atom. The van der Waals surface area contributed by atoms with E-state index in [1.807, 2.05) is 64.1 Å². The van der Waals surface area contributed by atoms with Gasteiger partial charge in [0.2, 0.25) is 5.91 Å². The lowest BCUT2D eigenvalue weighted by Gasteiger charge is -2.18. The normalized spacial score (nSPS) is 12.4. The summed E-state index contributed by atoms with van der Waals surface area (Å²) in [5.74, 6) is -0.257. The minimum atomic E-state index is -0.732. The van der Waals surface area contributed by atoms with E-state index in [1.165, 1.54) is 4.68 Å². The van der Waals surface area contributed by atoms with Crippen molar-refractivity contribution in [3.63, 3.8) is 0 Å².